The predicted octanol–water partition coefficient (Wildman–Crippen LogP) is 2.36. The lowest BCUT2D eigenvalue weighted by Crippen LogP contribution is -2.48. The van der Waals surface area contributed by atoms with Crippen molar-refractivity contribution < 1.29 is 0 Å². The number of halogens is 1. The molecule has 1 saturated carbocycles. The minimum Gasteiger partial charge on any atom is -0.327 e. The minimum absolute atomic E-state index is 0.495. The molecule has 0 bridgehead atoms. The topological polar surface area (TPSA) is 29.3 Å². The maximum absolute atomic E-state index is 6.25. The number of nitrogens with zero attached hydrogens (tertiary/aromatic N) is 1. The first-order chi connectivity index (χ1) is 6.64. The molecule has 0 unspecified atom stereocenters. The number of rotatable bonds is 1. The van der Waals surface area contributed by atoms with Crippen molar-refractivity contribution >= 4 is 22.6 Å². The van der Waals surface area contributed by atoms with E-state index in [2.05, 4.69) is 34.4 Å². The third-order valence-electron chi connectivity index (χ3n) is 4.27. The van der Waals surface area contributed by atoms with Crippen LogP contribution in [0.1, 0.15) is 39.0 Å². The smallest absolute Gasteiger partial charge is 0.0589 e. The molecule has 2 fully saturated rings. The van der Waals surface area contributed by atoms with Gasteiger partial charge in [0.15, 0.2) is 0 Å². The fraction of sp³-hybridized carbons (Fsp3) is 1.00. The van der Waals surface area contributed by atoms with E-state index in [1.54, 1.807) is 0 Å². The van der Waals surface area contributed by atoms with E-state index in [9.17, 15) is 0 Å². The molecule has 0 aromatic heterocycles. The van der Waals surface area contributed by atoms with Crippen LogP contribution in [0.4, 0.5) is 0 Å². The fourth-order valence-electron chi connectivity index (χ4n) is 3.11. The Morgan fingerprint density at radius 1 is 1.36 bits per heavy atom. The van der Waals surface area contributed by atoms with Gasteiger partial charge in [0.25, 0.3) is 0 Å². The molecule has 3 heteroatoms. The largest absolute Gasteiger partial charge is 0.327 e. The number of hydrogen-bond acceptors (Lipinski definition) is 2. The van der Waals surface area contributed by atoms with Crippen LogP contribution >= 0.6 is 22.6 Å². The van der Waals surface area contributed by atoms with Crippen LogP contribution in [0.25, 0.3) is 0 Å². The van der Waals surface area contributed by atoms with Gasteiger partial charge < -0.3 is 5.73 Å². The van der Waals surface area contributed by atoms with Gasteiger partial charge in [0.1, 0.15) is 0 Å². The summed E-state index contributed by atoms with van der Waals surface area (Å²) in [4.78, 5) is 2.58. The second-order valence-corrected chi connectivity index (χ2v) is 6.77. The predicted molar refractivity (Wildman–Crippen MR) is 68.5 cm³/mol. The van der Waals surface area contributed by atoms with Gasteiger partial charge in [0.2, 0.25) is 0 Å². The molecule has 2 rings (SSSR count). The molecule has 0 amide bonds. The molecule has 82 valence electrons. The standard InChI is InChI=1S/C11H21IN2/c1-9(12)14-7-5-11(6-8-14)4-2-3-10(11)13/h9-10H,2-8,13H2,1H3/t9-,10+/m0/s1. The molecule has 1 saturated heterocycles. The van der Waals surface area contributed by atoms with Gasteiger partial charge in [-0.25, -0.2) is 0 Å². The molecule has 1 heterocycles. The summed E-state index contributed by atoms with van der Waals surface area (Å²) < 4.78 is 0.683. The average molecular weight is 308 g/mol. The van der Waals surface area contributed by atoms with Crippen molar-refractivity contribution in [3.63, 3.8) is 0 Å². The molecule has 2 N–H and O–H groups in total. The molecule has 1 aliphatic carbocycles. The van der Waals surface area contributed by atoms with Crippen LogP contribution in [0.15, 0.2) is 0 Å². The van der Waals surface area contributed by atoms with E-state index < -0.39 is 0 Å². The fourth-order valence-corrected chi connectivity index (χ4v) is 3.67. The minimum atomic E-state index is 0.495. The van der Waals surface area contributed by atoms with Crippen LogP contribution in [-0.4, -0.2) is 28.1 Å². The van der Waals surface area contributed by atoms with Crippen LogP contribution in [0.3, 0.4) is 0 Å². The van der Waals surface area contributed by atoms with Gasteiger partial charge in [0.05, 0.1) is 4.05 Å². The van der Waals surface area contributed by atoms with Crippen molar-refractivity contribution in [1.29, 1.82) is 0 Å². The first-order valence-corrected chi connectivity index (χ1v) is 7.02. The van der Waals surface area contributed by atoms with E-state index in [1.807, 2.05) is 0 Å². The van der Waals surface area contributed by atoms with E-state index in [0.717, 1.165) is 0 Å². The number of piperidine rings is 1. The summed E-state index contributed by atoms with van der Waals surface area (Å²) in [6.07, 6.45) is 6.68. The zero-order chi connectivity index (χ0) is 10.2. The quantitative estimate of drug-likeness (QED) is 0.458. The van der Waals surface area contributed by atoms with Crippen LogP contribution in [-0.2, 0) is 0 Å². The lowest BCUT2D eigenvalue weighted by atomic mass is 9.74. The monoisotopic (exact) mass is 308 g/mol. The second-order valence-electron chi connectivity index (χ2n) is 4.97. The highest BCUT2D eigenvalue weighted by molar-refractivity contribution is 14.1. The molecule has 2 atom stereocenters. The zero-order valence-electron chi connectivity index (χ0n) is 9.01. The molecular formula is C11H21IN2. The average Bonchev–Trinajstić information content (AvgIpc) is 2.49. The van der Waals surface area contributed by atoms with Crippen molar-refractivity contribution in [2.75, 3.05) is 13.1 Å². The Morgan fingerprint density at radius 3 is 2.43 bits per heavy atom. The van der Waals surface area contributed by atoms with Crippen LogP contribution < -0.4 is 5.73 Å². The summed E-state index contributed by atoms with van der Waals surface area (Å²) in [5.41, 5.74) is 6.78. The summed E-state index contributed by atoms with van der Waals surface area (Å²) in [6, 6.07) is 0.495. The van der Waals surface area contributed by atoms with Crippen molar-refractivity contribution in [2.24, 2.45) is 11.1 Å². The van der Waals surface area contributed by atoms with Gasteiger partial charge in [-0.2, -0.15) is 0 Å². The zero-order valence-corrected chi connectivity index (χ0v) is 11.2. The van der Waals surface area contributed by atoms with Gasteiger partial charge >= 0.3 is 0 Å². The molecule has 2 nitrogen and oxygen atoms in total. The van der Waals surface area contributed by atoms with E-state index in [0.29, 0.717) is 15.5 Å². The van der Waals surface area contributed by atoms with Crippen molar-refractivity contribution in [3.05, 3.63) is 0 Å². The molecule has 1 spiro atoms. The summed E-state index contributed by atoms with van der Waals surface area (Å²) >= 11 is 2.51. The first kappa shape index (κ1) is 11.1. The highest BCUT2D eigenvalue weighted by Gasteiger charge is 2.42. The van der Waals surface area contributed by atoms with E-state index >= 15 is 0 Å². The molecule has 0 aromatic carbocycles. The molecular weight excluding hydrogens is 287 g/mol. The normalized spacial score (nSPS) is 34.9. The Bertz CT molecular complexity index is 197. The molecule has 0 aromatic rings. The summed E-state index contributed by atoms with van der Waals surface area (Å²) in [7, 11) is 0. The summed E-state index contributed by atoms with van der Waals surface area (Å²) in [6.45, 7) is 4.81. The Kier molecular flexibility index (Phi) is 3.39. The maximum Gasteiger partial charge on any atom is 0.0589 e. The van der Waals surface area contributed by atoms with Crippen LogP contribution in [0.2, 0.25) is 0 Å². The van der Waals surface area contributed by atoms with Gasteiger partial charge in [-0.05, 0) is 51.1 Å². The number of alkyl halides is 1. The van der Waals surface area contributed by atoms with Crippen LogP contribution in [0.5, 0.6) is 0 Å². The Hall–Kier alpha value is 0.650. The third kappa shape index (κ3) is 1.95. The molecule has 1 aliphatic heterocycles. The molecule has 14 heavy (non-hydrogen) atoms. The van der Waals surface area contributed by atoms with E-state index in [4.69, 9.17) is 5.73 Å². The van der Waals surface area contributed by atoms with Crippen LogP contribution in [0, 0.1) is 5.41 Å². The van der Waals surface area contributed by atoms with Crippen molar-refractivity contribution in [3.8, 4) is 0 Å². The number of likely N-dealkylation sites (tertiary alicyclic amines) is 1. The van der Waals surface area contributed by atoms with Crippen molar-refractivity contribution in [2.45, 2.75) is 49.1 Å². The summed E-state index contributed by atoms with van der Waals surface area (Å²) in [5.74, 6) is 0. The Morgan fingerprint density at radius 2 is 2.00 bits per heavy atom. The SMILES string of the molecule is C[C@@H](I)N1CCC2(CCC[C@H]2N)CC1. The first-order valence-electron chi connectivity index (χ1n) is 5.78. The van der Waals surface area contributed by atoms with Gasteiger partial charge in [-0.3, -0.25) is 4.90 Å². The van der Waals surface area contributed by atoms with Crippen molar-refractivity contribution in [1.82, 2.24) is 4.90 Å². The summed E-state index contributed by atoms with van der Waals surface area (Å²) in [5, 5.41) is 0. The lowest BCUT2D eigenvalue weighted by molar-refractivity contribution is 0.0949. The van der Waals surface area contributed by atoms with Gasteiger partial charge in [-0.1, -0.05) is 29.0 Å². The number of hydrogen-bond donors (Lipinski definition) is 1. The number of nitrogens with two attached hydrogens (primary N) is 1. The Labute approximate surface area is 101 Å². The molecule has 0 radical (unpaired) electrons. The lowest BCUT2D eigenvalue weighted by Gasteiger charge is -2.43. The van der Waals surface area contributed by atoms with Gasteiger partial charge in [-0.15, -0.1) is 0 Å². The van der Waals surface area contributed by atoms with Gasteiger partial charge in [0, 0.05) is 6.04 Å². The van der Waals surface area contributed by atoms with E-state index in [1.165, 1.54) is 45.2 Å². The Balaban J connectivity index is 1.94. The third-order valence-corrected chi connectivity index (χ3v) is 5.06. The maximum atomic E-state index is 6.25. The molecule has 2 aliphatic rings. The van der Waals surface area contributed by atoms with E-state index in [-0.39, 0.29) is 0 Å². The second kappa shape index (κ2) is 4.26. The highest BCUT2D eigenvalue weighted by Crippen LogP contribution is 2.45. The highest BCUT2D eigenvalue weighted by atomic mass is 127.